The highest BCUT2D eigenvalue weighted by atomic mass is 32.2. The first kappa shape index (κ1) is 15.1. The van der Waals surface area contributed by atoms with Crippen LogP contribution in [-0.2, 0) is 11.0 Å². The molecule has 1 aromatic heterocycles. The normalized spacial score (nSPS) is 19.7. The molecule has 2 rings (SSSR count). The number of aromatic nitrogens is 1. The number of hydrogen-bond acceptors (Lipinski definition) is 4. The zero-order valence-corrected chi connectivity index (χ0v) is 12.2. The van der Waals surface area contributed by atoms with Crippen LogP contribution in [0.3, 0.4) is 0 Å². The summed E-state index contributed by atoms with van der Waals surface area (Å²) in [6.45, 7) is 5.42. The maximum absolute atomic E-state index is 12.9. The molecule has 2 atom stereocenters. The van der Waals surface area contributed by atoms with Gasteiger partial charge in [0.05, 0.1) is 21.9 Å². The van der Waals surface area contributed by atoms with E-state index in [0.717, 1.165) is 0 Å². The van der Waals surface area contributed by atoms with Crippen LogP contribution in [0.25, 0.3) is 0 Å². The van der Waals surface area contributed by atoms with Gasteiger partial charge < -0.3 is 9.47 Å². The Bertz CT molecular complexity index is 552. The standard InChI is InChI=1S/C12H16F2N2O3S/c1-7(5-11(2,3)20(15)17)8-4-9-10(6-16-8)19-12(13,14)18-9/h4,6-7H,5,15H2,1-3H3/t7-,20?/m1/s1. The van der Waals surface area contributed by atoms with E-state index in [9.17, 15) is 13.0 Å². The lowest BCUT2D eigenvalue weighted by molar-refractivity contribution is -0.286. The second kappa shape index (κ2) is 4.92. The number of alkyl halides is 2. The Morgan fingerprint density at radius 1 is 1.45 bits per heavy atom. The Morgan fingerprint density at radius 3 is 2.65 bits per heavy atom. The molecule has 8 heteroatoms. The van der Waals surface area contributed by atoms with Gasteiger partial charge in [0, 0.05) is 11.8 Å². The van der Waals surface area contributed by atoms with Crippen molar-refractivity contribution in [2.24, 2.45) is 5.14 Å². The summed E-state index contributed by atoms with van der Waals surface area (Å²) in [6.07, 6.45) is -1.95. The molecule has 0 aliphatic carbocycles. The summed E-state index contributed by atoms with van der Waals surface area (Å²) >= 11 is 0. The van der Waals surface area contributed by atoms with Crippen LogP contribution in [-0.4, -0.2) is 20.2 Å². The van der Waals surface area contributed by atoms with Crippen LogP contribution in [0.2, 0.25) is 0 Å². The van der Waals surface area contributed by atoms with Crippen LogP contribution in [0.5, 0.6) is 11.5 Å². The van der Waals surface area contributed by atoms with Crippen LogP contribution in [0.1, 0.15) is 38.8 Å². The zero-order valence-electron chi connectivity index (χ0n) is 11.4. The van der Waals surface area contributed by atoms with Crippen LogP contribution in [0.4, 0.5) is 8.78 Å². The van der Waals surface area contributed by atoms with Gasteiger partial charge in [0.1, 0.15) is 0 Å². The van der Waals surface area contributed by atoms with E-state index in [1.807, 2.05) is 6.92 Å². The fourth-order valence-corrected chi connectivity index (χ4v) is 2.48. The number of nitrogens with two attached hydrogens (primary N) is 1. The summed E-state index contributed by atoms with van der Waals surface area (Å²) in [5.74, 6) is -0.244. The average Bonchev–Trinajstić information content (AvgIpc) is 2.60. The van der Waals surface area contributed by atoms with Gasteiger partial charge in [-0.3, -0.25) is 10.1 Å². The summed E-state index contributed by atoms with van der Waals surface area (Å²) in [6, 6.07) is 1.41. The van der Waals surface area contributed by atoms with E-state index in [1.165, 1.54) is 12.3 Å². The molecule has 5 nitrogen and oxygen atoms in total. The third-order valence-corrected chi connectivity index (χ3v) is 4.41. The molecule has 1 aliphatic rings. The number of pyridine rings is 1. The summed E-state index contributed by atoms with van der Waals surface area (Å²) in [4.78, 5) is 4.08. The van der Waals surface area contributed by atoms with Gasteiger partial charge in [-0.25, -0.2) is 4.21 Å². The molecule has 112 valence electrons. The third-order valence-electron chi connectivity index (χ3n) is 3.16. The highest BCUT2D eigenvalue weighted by Gasteiger charge is 2.44. The van der Waals surface area contributed by atoms with Crippen molar-refractivity contribution in [1.29, 1.82) is 0 Å². The minimum absolute atomic E-state index is 0.0430. The van der Waals surface area contributed by atoms with Crippen molar-refractivity contribution in [1.82, 2.24) is 4.98 Å². The third kappa shape index (κ3) is 3.06. The number of hydrogen-bond donors (Lipinski definition) is 1. The fourth-order valence-electron chi connectivity index (χ4n) is 2.07. The van der Waals surface area contributed by atoms with Gasteiger partial charge in [-0.05, 0) is 26.2 Å². The number of nitrogens with zero attached hydrogens (tertiary/aromatic N) is 1. The van der Waals surface area contributed by atoms with Crippen molar-refractivity contribution in [3.05, 3.63) is 18.0 Å². The van der Waals surface area contributed by atoms with Crippen molar-refractivity contribution >= 4 is 11.0 Å². The molecule has 20 heavy (non-hydrogen) atoms. The Balaban J connectivity index is 2.18. The van der Waals surface area contributed by atoms with Crippen LogP contribution in [0.15, 0.2) is 12.3 Å². The van der Waals surface area contributed by atoms with Gasteiger partial charge in [-0.15, -0.1) is 8.78 Å². The monoisotopic (exact) mass is 306 g/mol. The minimum atomic E-state index is -3.65. The molecule has 1 aromatic rings. The van der Waals surface area contributed by atoms with E-state index in [4.69, 9.17) is 5.14 Å². The topological polar surface area (TPSA) is 74.4 Å². The number of fused-ring (bicyclic) bond motifs is 1. The van der Waals surface area contributed by atoms with Gasteiger partial charge in [-0.1, -0.05) is 6.92 Å². The Morgan fingerprint density at radius 2 is 2.05 bits per heavy atom. The van der Waals surface area contributed by atoms with E-state index in [1.54, 1.807) is 13.8 Å². The predicted molar refractivity (Wildman–Crippen MR) is 69.9 cm³/mol. The second-order valence-electron chi connectivity index (χ2n) is 5.39. The molecule has 0 spiro atoms. The molecule has 0 aromatic carbocycles. The van der Waals surface area contributed by atoms with Crippen LogP contribution in [0, 0.1) is 0 Å². The molecule has 0 radical (unpaired) electrons. The summed E-state index contributed by atoms with van der Waals surface area (Å²) in [7, 11) is -1.49. The molecule has 0 saturated heterocycles. The molecule has 0 saturated carbocycles. The van der Waals surface area contributed by atoms with Crippen molar-refractivity contribution in [3.63, 3.8) is 0 Å². The van der Waals surface area contributed by atoms with Gasteiger partial charge in [0.2, 0.25) is 0 Å². The van der Waals surface area contributed by atoms with E-state index in [2.05, 4.69) is 14.5 Å². The van der Waals surface area contributed by atoms with Gasteiger partial charge in [0.15, 0.2) is 11.5 Å². The fraction of sp³-hybridized carbons (Fsp3) is 0.583. The Hall–Kier alpha value is -1.28. The zero-order chi connectivity index (χ0) is 15.1. The summed E-state index contributed by atoms with van der Waals surface area (Å²) in [5, 5.41) is 5.43. The first-order chi connectivity index (χ1) is 9.11. The van der Waals surface area contributed by atoms with E-state index < -0.39 is 22.0 Å². The largest absolute Gasteiger partial charge is 0.586 e. The lowest BCUT2D eigenvalue weighted by Crippen LogP contribution is -2.33. The highest BCUT2D eigenvalue weighted by molar-refractivity contribution is 7.84. The number of halogens is 2. The predicted octanol–water partition coefficient (Wildman–Crippen LogP) is 2.30. The lowest BCUT2D eigenvalue weighted by atomic mass is 9.95. The van der Waals surface area contributed by atoms with Crippen LogP contribution >= 0.6 is 0 Å². The van der Waals surface area contributed by atoms with Gasteiger partial charge in [-0.2, -0.15) is 0 Å². The van der Waals surface area contributed by atoms with Gasteiger partial charge in [0.25, 0.3) is 0 Å². The molecular weight excluding hydrogens is 290 g/mol. The molecule has 0 fully saturated rings. The summed E-state index contributed by atoms with van der Waals surface area (Å²) in [5.41, 5.74) is 0.559. The minimum Gasteiger partial charge on any atom is -0.395 e. The molecule has 2 heterocycles. The molecular formula is C12H16F2N2O3S. The van der Waals surface area contributed by atoms with E-state index in [-0.39, 0.29) is 17.4 Å². The molecule has 0 amide bonds. The quantitative estimate of drug-likeness (QED) is 0.926. The molecule has 1 aliphatic heterocycles. The number of ether oxygens (including phenoxy) is 2. The van der Waals surface area contributed by atoms with Crippen molar-refractivity contribution in [2.45, 2.75) is 44.2 Å². The maximum Gasteiger partial charge on any atom is 0.586 e. The average molecular weight is 306 g/mol. The van der Waals surface area contributed by atoms with Gasteiger partial charge >= 0.3 is 6.29 Å². The smallest absolute Gasteiger partial charge is 0.395 e. The molecule has 2 N–H and O–H groups in total. The molecule has 1 unspecified atom stereocenters. The first-order valence-corrected chi connectivity index (χ1v) is 7.24. The Kier molecular flexibility index (Phi) is 3.72. The molecule has 0 bridgehead atoms. The van der Waals surface area contributed by atoms with Crippen LogP contribution < -0.4 is 14.6 Å². The maximum atomic E-state index is 12.9. The van der Waals surface area contributed by atoms with Crippen molar-refractivity contribution in [2.75, 3.05) is 0 Å². The summed E-state index contributed by atoms with van der Waals surface area (Å²) < 4.78 is 45.3. The first-order valence-electron chi connectivity index (χ1n) is 6.03. The van der Waals surface area contributed by atoms with E-state index in [0.29, 0.717) is 12.1 Å². The second-order valence-corrected chi connectivity index (χ2v) is 7.09. The lowest BCUT2D eigenvalue weighted by Gasteiger charge is -2.24. The highest BCUT2D eigenvalue weighted by Crippen LogP contribution is 2.42. The van der Waals surface area contributed by atoms with Crippen molar-refractivity contribution in [3.8, 4) is 11.5 Å². The SMILES string of the molecule is C[C@H](CC(C)(C)S(N)=O)c1cc2c(cn1)OC(F)(F)O2. The number of rotatable bonds is 4. The van der Waals surface area contributed by atoms with Crippen molar-refractivity contribution < 1.29 is 22.5 Å². The Labute approximate surface area is 118 Å². The van der Waals surface area contributed by atoms with E-state index >= 15 is 0 Å².